The third-order valence-electron chi connectivity index (χ3n) is 5.91. The van der Waals surface area contributed by atoms with Gasteiger partial charge in [0.2, 0.25) is 5.88 Å². The molecule has 2 aromatic carbocycles. The maximum absolute atomic E-state index is 12.7. The Morgan fingerprint density at radius 2 is 2.05 bits per heavy atom. The van der Waals surface area contributed by atoms with Crippen LogP contribution in [-0.2, 0) is 13.0 Å². The topological polar surface area (TPSA) is 163 Å². The molecule has 0 aliphatic heterocycles. The van der Waals surface area contributed by atoms with Crippen LogP contribution >= 0.6 is 0 Å². The maximum Gasteiger partial charge on any atom is 0.251 e. The number of amides is 1. The highest BCUT2D eigenvalue weighted by molar-refractivity contribution is 5.94. The number of aryl methyl sites for hydroxylation is 1. The highest BCUT2D eigenvalue weighted by Gasteiger charge is 2.19. The normalized spacial score (nSPS) is 11.0. The van der Waals surface area contributed by atoms with Crippen LogP contribution in [-0.4, -0.2) is 49.5 Å². The van der Waals surface area contributed by atoms with E-state index in [0.29, 0.717) is 59.5 Å². The number of phenolic OH excluding ortho intramolecular Hbond substituents is 1. The average Bonchev–Trinajstić information content (AvgIpc) is 3.51. The van der Waals surface area contributed by atoms with Gasteiger partial charge in [-0.2, -0.15) is 0 Å². The average molecular weight is 516 g/mol. The fraction of sp³-hybridized carbons (Fsp3) is 0.192. The predicted molar refractivity (Wildman–Crippen MR) is 138 cm³/mol. The number of fused-ring (bicyclic) bond motifs is 1. The molecule has 0 saturated carbocycles. The molecule has 0 aliphatic rings. The van der Waals surface area contributed by atoms with Crippen LogP contribution in [0.15, 0.2) is 59.4 Å². The van der Waals surface area contributed by atoms with Crippen molar-refractivity contribution in [3.63, 3.8) is 0 Å². The number of methoxy groups -OCH3 is 1. The summed E-state index contributed by atoms with van der Waals surface area (Å²) in [7, 11) is 1.49. The van der Waals surface area contributed by atoms with E-state index in [1.165, 1.54) is 7.11 Å². The van der Waals surface area contributed by atoms with E-state index in [9.17, 15) is 9.90 Å². The van der Waals surface area contributed by atoms with Crippen molar-refractivity contribution in [1.29, 1.82) is 0 Å². The van der Waals surface area contributed by atoms with Crippen molar-refractivity contribution in [3.8, 4) is 34.6 Å². The molecular weight excluding hydrogens is 490 g/mol. The molecule has 0 radical (unpaired) electrons. The Kier molecular flexibility index (Phi) is 6.76. The van der Waals surface area contributed by atoms with Crippen molar-refractivity contribution >= 4 is 22.8 Å². The van der Waals surface area contributed by atoms with Gasteiger partial charge >= 0.3 is 0 Å². The van der Waals surface area contributed by atoms with Gasteiger partial charge in [-0.1, -0.05) is 12.1 Å². The standard InChI is InChI=1S/C26H25N7O5/c1-3-33-19-13-22(29-14-18(19)30-25(33)23-24(27)32-38-31-23)37-17-6-4-5-16(12-17)26(35)28-10-9-15-7-8-20(34)21(11-15)36-2/h4-8,11-14,34H,3,9-10H2,1-2H3,(H2,27,32)(H,28,35). The Labute approximate surface area is 217 Å². The predicted octanol–water partition coefficient (Wildman–Crippen LogP) is 3.56. The van der Waals surface area contributed by atoms with E-state index in [0.717, 1.165) is 11.1 Å². The largest absolute Gasteiger partial charge is 0.504 e. The summed E-state index contributed by atoms with van der Waals surface area (Å²) < 4.78 is 17.7. The number of nitrogens with zero attached hydrogens (tertiary/aromatic N) is 5. The van der Waals surface area contributed by atoms with Gasteiger partial charge in [0.15, 0.2) is 28.8 Å². The molecule has 12 nitrogen and oxygen atoms in total. The highest BCUT2D eigenvalue weighted by Crippen LogP contribution is 2.30. The van der Waals surface area contributed by atoms with Crippen LogP contribution in [0, 0.1) is 0 Å². The molecule has 0 atom stereocenters. The second-order valence-electron chi connectivity index (χ2n) is 8.33. The molecule has 0 unspecified atom stereocenters. The van der Waals surface area contributed by atoms with Crippen molar-refractivity contribution in [3.05, 3.63) is 65.9 Å². The third-order valence-corrected chi connectivity index (χ3v) is 5.91. The summed E-state index contributed by atoms with van der Waals surface area (Å²) >= 11 is 0. The van der Waals surface area contributed by atoms with Crippen molar-refractivity contribution in [2.75, 3.05) is 19.4 Å². The van der Waals surface area contributed by atoms with Crippen LogP contribution in [0.3, 0.4) is 0 Å². The van der Waals surface area contributed by atoms with E-state index in [-0.39, 0.29) is 17.5 Å². The van der Waals surface area contributed by atoms with E-state index in [1.807, 2.05) is 11.5 Å². The fourth-order valence-corrected chi connectivity index (χ4v) is 4.04. The molecule has 4 N–H and O–H groups in total. The number of carbonyl (C=O) groups excluding carboxylic acids is 1. The van der Waals surface area contributed by atoms with Crippen molar-refractivity contribution in [1.82, 2.24) is 30.2 Å². The van der Waals surface area contributed by atoms with Gasteiger partial charge in [0.05, 0.1) is 18.8 Å². The van der Waals surface area contributed by atoms with E-state index in [1.54, 1.807) is 54.7 Å². The number of ether oxygens (including phenoxy) is 2. The van der Waals surface area contributed by atoms with Crippen LogP contribution < -0.4 is 20.5 Å². The van der Waals surface area contributed by atoms with Crippen LogP contribution in [0.2, 0.25) is 0 Å². The Hall–Kier alpha value is -5.13. The molecule has 3 aromatic heterocycles. The number of nitrogens with one attached hydrogen (secondary N) is 1. The summed E-state index contributed by atoms with van der Waals surface area (Å²) in [6.45, 7) is 2.97. The van der Waals surface area contributed by atoms with E-state index >= 15 is 0 Å². The summed E-state index contributed by atoms with van der Waals surface area (Å²) in [6.07, 6.45) is 2.17. The first-order valence-corrected chi connectivity index (χ1v) is 11.8. The van der Waals surface area contributed by atoms with E-state index in [2.05, 4.69) is 25.6 Å². The summed E-state index contributed by atoms with van der Waals surface area (Å²) in [5.41, 5.74) is 8.99. The van der Waals surface area contributed by atoms with Crippen molar-refractivity contribution in [2.24, 2.45) is 0 Å². The summed E-state index contributed by atoms with van der Waals surface area (Å²) in [5, 5.41) is 20.1. The molecule has 0 bridgehead atoms. The first-order valence-electron chi connectivity index (χ1n) is 11.8. The lowest BCUT2D eigenvalue weighted by Gasteiger charge is -2.10. The SMILES string of the molecule is CCn1c(-c2nonc2N)nc2cnc(Oc3cccc(C(=O)NCCc4ccc(O)c(OC)c4)c3)cc21. The Morgan fingerprint density at radius 3 is 2.82 bits per heavy atom. The first kappa shape index (κ1) is 24.6. The molecular formula is C26H25N7O5. The van der Waals surface area contributed by atoms with Crippen LogP contribution in [0.4, 0.5) is 5.82 Å². The molecule has 5 aromatic rings. The molecule has 0 aliphatic carbocycles. The minimum absolute atomic E-state index is 0.0716. The highest BCUT2D eigenvalue weighted by atomic mass is 16.6. The van der Waals surface area contributed by atoms with Gasteiger partial charge in [0.25, 0.3) is 5.91 Å². The second kappa shape index (κ2) is 10.5. The number of aromatic nitrogens is 5. The number of nitrogens with two attached hydrogens (primary N) is 1. The smallest absolute Gasteiger partial charge is 0.251 e. The number of nitrogen functional groups attached to an aromatic ring is 1. The number of anilines is 1. The number of imidazole rings is 1. The Bertz CT molecular complexity index is 1610. The number of rotatable bonds is 9. The van der Waals surface area contributed by atoms with Crippen LogP contribution in [0.5, 0.6) is 23.1 Å². The number of hydrogen-bond acceptors (Lipinski definition) is 10. The molecule has 3 heterocycles. The number of pyridine rings is 1. The number of hydrogen-bond donors (Lipinski definition) is 3. The number of benzene rings is 2. The fourth-order valence-electron chi connectivity index (χ4n) is 4.04. The lowest BCUT2D eigenvalue weighted by atomic mass is 10.1. The lowest BCUT2D eigenvalue weighted by Crippen LogP contribution is -2.25. The van der Waals surface area contributed by atoms with Gasteiger partial charge in [-0.25, -0.2) is 14.6 Å². The van der Waals surface area contributed by atoms with Crippen LogP contribution in [0.1, 0.15) is 22.8 Å². The summed E-state index contributed by atoms with van der Waals surface area (Å²) in [5.74, 6) is 1.69. The van der Waals surface area contributed by atoms with Crippen molar-refractivity contribution in [2.45, 2.75) is 19.9 Å². The summed E-state index contributed by atoms with van der Waals surface area (Å²) in [6, 6.07) is 13.7. The quantitative estimate of drug-likeness (QED) is 0.264. The number of carbonyl (C=O) groups is 1. The molecule has 0 saturated heterocycles. The van der Waals surface area contributed by atoms with Gasteiger partial charge in [-0.05, 0) is 59.6 Å². The minimum atomic E-state index is -0.239. The monoisotopic (exact) mass is 515 g/mol. The van der Waals surface area contributed by atoms with E-state index in [4.69, 9.17) is 19.8 Å². The zero-order valence-corrected chi connectivity index (χ0v) is 20.7. The molecule has 38 heavy (non-hydrogen) atoms. The van der Waals surface area contributed by atoms with Gasteiger partial charge in [0, 0.05) is 24.7 Å². The van der Waals surface area contributed by atoms with Gasteiger partial charge in [-0.15, -0.1) is 0 Å². The molecule has 12 heteroatoms. The van der Waals surface area contributed by atoms with Gasteiger partial charge in [0.1, 0.15) is 11.3 Å². The summed E-state index contributed by atoms with van der Waals surface area (Å²) in [4.78, 5) is 21.7. The first-order chi connectivity index (χ1) is 18.5. The molecule has 0 spiro atoms. The second-order valence-corrected chi connectivity index (χ2v) is 8.33. The van der Waals surface area contributed by atoms with Gasteiger partial charge in [-0.3, -0.25) is 4.79 Å². The maximum atomic E-state index is 12.7. The minimum Gasteiger partial charge on any atom is -0.504 e. The van der Waals surface area contributed by atoms with Crippen molar-refractivity contribution < 1.29 is 24.0 Å². The number of phenols is 1. The Morgan fingerprint density at radius 1 is 1.18 bits per heavy atom. The van der Waals surface area contributed by atoms with E-state index < -0.39 is 0 Å². The number of aromatic hydroxyl groups is 1. The molecule has 5 rings (SSSR count). The van der Waals surface area contributed by atoms with Crippen LogP contribution in [0.25, 0.3) is 22.6 Å². The van der Waals surface area contributed by atoms with Gasteiger partial charge < -0.3 is 30.2 Å². The molecule has 1 amide bonds. The molecule has 0 fully saturated rings. The molecule has 194 valence electrons. The Balaban J connectivity index is 1.28. The third kappa shape index (κ3) is 4.91. The zero-order valence-electron chi connectivity index (χ0n) is 20.7. The lowest BCUT2D eigenvalue weighted by molar-refractivity contribution is 0.0954. The zero-order chi connectivity index (χ0) is 26.6.